The van der Waals surface area contributed by atoms with Crippen molar-refractivity contribution in [2.45, 2.75) is 39.0 Å². The van der Waals surface area contributed by atoms with Gasteiger partial charge in [-0.05, 0) is 19.3 Å². The van der Waals surface area contributed by atoms with Gasteiger partial charge in [-0.15, -0.1) is 0 Å². The molecule has 1 aliphatic carbocycles. The lowest BCUT2D eigenvalue weighted by molar-refractivity contribution is -0.148. The highest BCUT2D eigenvalue weighted by atomic mass is 16.5. The van der Waals surface area contributed by atoms with E-state index in [1.54, 1.807) is 4.90 Å². The molecule has 1 saturated carbocycles. The SMILES string of the molecule is CCCN(CC(=O)OC)C(=O)C1CCCC1. The molecular weight excluding hydrogens is 206 g/mol. The van der Waals surface area contributed by atoms with Gasteiger partial charge in [-0.2, -0.15) is 0 Å². The number of carbonyl (C=O) groups is 2. The Bertz CT molecular complexity index is 247. The minimum Gasteiger partial charge on any atom is -0.468 e. The zero-order valence-corrected chi connectivity index (χ0v) is 10.2. The summed E-state index contributed by atoms with van der Waals surface area (Å²) in [6.07, 6.45) is 5.08. The van der Waals surface area contributed by atoms with Crippen molar-refractivity contribution < 1.29 is 14.3 Å². The molecule has 0 aliphatic heterocycles. The Morgan fingerprint density at radius 1 is 1.31 bits per heavy atom. The van der Waals surface area contributed by atoms with Gasteiger partial charge >= 0.3 is 5.97 Å². The molecule has 0 heterocycles. The quantitative estimate of drug-likeness (QED) is 0.670. The topological polar surface area (TPSA) is 46.6 Å². The number of rotatable bonds is 5. The van der Waals surface area contributed by atoms with Crippen LogP contribution in [0.2, 0.25) is 0 Å². The van der Waals surface area contributed by atoms with Gasteiger partial charge in [0, 0.05) is 12.5 Å². The summed E-state index contributed by atoms with van der Waals surface area (Å²) in [5.74, 6) is -0.0687. The predicted octanol–water partition coefficient (Wildman–Crippen LogP) is 1.59. The lowest BCUT2D eigenvalue weighted by Crippen LogP contribution is -2.39. The molecule has 0 atom stereocenters. The molecule has 4 heteroatoms. The third kappa shape index (κ3) is 3.51. The zero-order valence-electron chi connectivity index (χ0n) is 10.2. The summed E-state index contributed by atoms with van der Waals surface area (Å²) < 4.78 is 4.61. The first-order valence-corrected chi connectivity index (χ1v) is 6.04. The van der Waals surface area contributed by atoms with Crippen molar-refractivity contribution in [3.63, 3.8) is 0 Å². The number of hydrogen-bond donors (Lipinski definition) is 0. The molecule has 4 nitrogen and oxygen atoms in total. The maximum atomic E-state index is 12.1. The van der Waals surface area contributed by atoms with Gasteiger partial charge in [-0.25, -0.2) is 0 Å². The van der Waals surface area contributed by atoms with Crippen molar-refractivity contribution in [3.05, 3.63) is 0 Å². The monoisotopic (exact) mass is 227 g/mol. The van der Waals surface area contributed by atoms with Crippen LogP contribution < -0.4 is 0 Å². The maximum Gasteiger partial charge on any atom is 0.325 e. The molecule has 0 spiro atoms. The van der Waals surface area contributed by atoms with E-state index in [9.17, 15) is 9.59 Å². The molecule has 1 rings (SSSR count). The fraction of sp³-hybridized carbons (Fsp3) is 0.833. The third-order valence-corrected chi connectivity index (χ3v) is 3.06. The fourth-order valence-electron chi connectivity index (χ4n) is 2.19. The third-order valence-electron chi connectivity index (χ3n) is 3.06. The van der Waals surface area contributed by atoms with Crippen LogP contribution in [0.5, 0.6) is 0 Å². The van der Waals surface area contributed by atoms with Gasteiger partial charge in [0.1, 0.15) is 6.54 Å². The second-order valence-corrected chi connectivity index (χ2v) is 4.32. The van der Waals surface area contributed by atoms with Crippen LogP contribution in [0.3, 0.4) is 0 Å². The summed E-state index contributed by atoms with van der Waals surface area (Å²) in [5, 5.41) is 0. The number of amides is 1. The predicted molar refractivity (Wildman–Crippen MR) is 60.8 cm³/mol. The normalized spacial score (nSPS) is 16.1. The molecule has 92 valence electrons. The van der Waals surface area contributed by atoms with Crippen LogP contribution in [-0.2, 0) is 14.3 Å². The Kier molecular flexibility index (Phi) is 5.29. The summed E-state index contributed by atoms with van der Waals surface area (Å²) in [6.45, 7) is 2.75. The second-order valence-electron chi connectivity index (χ2n) is 4.32. The molecule has 0 aromatic rings. The first-order chi connectivity index (χ1) is 7.69. The van der Waals surface area contributed by atoms with Crippen LogP contribution in [0.4, 0.5) is 0 Å². The largest absolute Gasteiger partial charge is 0.468 e. The number of carbonyl (C=O) groups excluding carboxylic acids is 2. The average molecular weight is 227 g/mol. The van der Waals surface area contributed by atoms with Crippen molar-refractivity contribution in [2.75, 3.05) is 20.2 Å². The Morgan fingerprint density at radius 3 is 2.44 bits per heavy atom. The number of esters is 1. The van der Waals surface area contributed by atoms with E-state index in [1.807, 2.05) is 6.92 Å². The number of ether oxygens (including phenoxy) is 1. The van der Waals surface area contributed by atoms with E-state index in [-0.39, 0.29) is 24.3 Å². The van der Waals surface area contributed by atoms with E-state index in [0.29, 0.717) is 6.54 Å². The minimum atomic E-state index is -0.334. The molecule has 0 radical (unpaired) electrons. The van der Waals surface area contributed by atoms with Crippen LogP contribution in [0.25, 0.3) is 0 Å². The van der Waals surface area contributed by atoms with Crippen molar-refractivity contribution in [3.8, 4) is 0 Å². The molecule has 16 heavy (non-hydrogen) atoms. The maximum absolute atomic E-state index is 12.1. The van der Waals surface area contributed by atoms with Gasteiger partial charge in [-0.1, -0.05) is 19.8 Å². The fourth-order valence-corrected chi connectivity index (χ4v) is 2.19. The van der Waals surface area contributed by atoms with Crippen LogP contribution >= 0.6 is 0 Å². The van der Waals surface area contributed by atoms with Crippen molar-refractivity contribution in [1.82, 2.24) is 4.90 Å². The van der Waals surface area contributed by atoms with E-state index in [2.05, 4.69) is 4.74 Å². The molecule has 0 aromatic carbocycles. The summed E-state index contributed by atoms with van der Waals surface area (Å²) >= 11 is 0. The van der Waals surface area contributed by atoms with E-state index in [4.69, 9.17) is 0 Å². The first-order valence-electron chi connectivity index (χ1n) is 6.04. The highest BCUT2D eigenvalue weighted by Gasteiger charge is 2.27. The molecule has 0 saturated heterocycles. The lowest BCUT2D eigenvalue weighted by atomic mass is 10.1. The van der Waals surface area contributed by atoms with E-state index in [0.717, 1.165) is 32.1 Å². The Labute approximate surface area is 96.9 Å². The highest BCUT2D eigenvalue weighted by molar-refractivity contribution is 5.83. The molecule has 1 fully saturated rings. The van der Waals surface area contributed by atoms with Gasteiger partial charge in [0.15, 0.2) is 0 Å². The van der Waals surface area contributed by atoms with Crippen molar-refractivity contribution >= 4 is 11.9 Å². The number of hydrogen-bond acceptors (Lipinski definition) is 3. The number of methoxy groups -OCH3 is 1. The van der Waals surface area contributed by atoms with Crippen molar-refractivity contribution in [2.24, 2.45) is 5.92 Å². The Morgan fingerprint density at radius 2 is 1.94 bits per heavy atom. The molecule has 1 aliphatic rings. The van der Waals surface area contributed by atoms with Crippen molar-refractivity contribution in [1.29, 1.82) is 0 Å². The molecular formula is C12H21NO3. The standard InChI is InChI=1S/C12H21NO3/c1-3-8-13(9-11(14)16-2)12(15)10-6-4-5-7-10/h10H,3-9H2,1-2H3. The van der Waals surface area contributed by atoms with Gasteiger partial charge in [0.2, 0.25) is 5.91 Å². The highest BCUT2D eigenvalue weighted by Crippen LogP contribution is 2.26. The Balaban J connectivity index is 2.53. The first kappa shape index (κ1) is 13.0. The number of nitrogens with zero attached hydrogens (tertiary/aromatic N) is 1. The van der Waals surface area contributed by atoms with Crippen LogP contribution in [0, 0.1) is 5.92 Å². The zero-order chi connectivity index (χ0) is 12.0. The molecule has 0 unspecified atom stereocenters. The smallest absolute Gasteiger partial charge is 0.325 e. The molecule has 1 amide bonds. The summed E-state index contributed by atoms with van der Waals surface area (Å²) in [6, 6.07) is 0. The van der Waals surface area contributed by atoms with E-state index in [1.165, 1.54) is 7.11 Å². The molecule has 0 bridgehead atoms. The molecule has 0 aromatic heterocycles. The van der Waals surface area contributed by atoms with E-state index < -0.39 is 0 Å². The van der Waals surface area contributed by atoms with E-state index >= 15 is 0 Å². The summed E-state index contributed by atoms with van der Waals surface area (Å²) in [4.78, 5) is 24.9. The van der Waals surface area contributed by atoms with Crippen LogP contribution in [0.1, 0.15) is 39.0 Å². The van der Waals surface area contributed by atoms with Crippen LogP contribution in [-0.4, -0.2) is 37.0 Å². The van der Waals surface area contributed by atoms with Gasteiger partial charge < -0.3 is 9.64 Å². The van der Waals surface area contributed by atoms with Crippen LogP contribution in [0.15, 0.2) is 0 Å². The lowest BCUT2D eigenvalue weighted by Gasteiger charge is -2.23. The average Bonchev–Trinajstić information content (AvgIpc) is 2.80. The molecule has 0 N–H and O–H groups in total. The minimum absolute atomic E-state index is 0.0969. The second kappa shape index (κ2) is 6.51. The van der Waals surface area contributed by atoms with Gasteiger partial charge in [-0.3, -0.25) is 9.59 Å². The summed E-state index contributed by atoms with van der Waals surface area (Å²) in [5.41, 5.74) is 0. The van der Waals surface area contributed by atoms with Gasteiger partial charge in [0.25, 0.3) is 0 Å². The Hall–Kier alpha value is -1.06. The van der Waals surface area contributed by atoms with Gasteiger partial charge in [0.05, 0.1) is 7.11 Å². The summed E-state index contributed by atoms with van der Waals surface area (Å²) in [7, 11) is 1.35.